The molecule has 3 rings (SSSR count). The summed E-state index contributed by atoms with van der Waals surface area (Å²) in [6.45, 7) is 4.08. The van der Waals surface area contributed by atoms with Crippen LogP contribution in [0, 0.1) is 13.8 Å². The molecule has 2 N–H and O–H groups in total. The van der Waals surface area contributed by atoms with Crippen molar-refractivity contribution in [3.8, 4) is 5.95 Å². The fourth-order valence-electron chi connectivity index (χ4n) is 2.78. The molecule has 152 valence electrons. The molecule has 3 aromatic rings. The summed E-state index contributed by atoms with van der Waals surface area (Å²) in [4.78, 5) is 7.51. The largest absolute Gasteiger partial charge is 1.00 e. The lowest BCUT2D eigenvalue weighted by atomic mass is 10.2. The Morgan fingerprint density at radius 1 is 1.18 bits per heavy atom. The first-order valence-corrected chi connectivity index (χ1v) is 10.7. The van der Waals surface area contributed by atoms with Gasteiger partial charge in [-0.2, -0.15) is 13.2 Å². The number of nitrogens with one attached hydrogen (secondary N) is 1. The van der Waals surface area contributed by atoms with Crippen molar-refractivity contribution in [2.24, 2.45) is 0 Å². The number of H-pyrrole nitrogens is 1. The number of nitrogens with zero attached hydrogens (tertiary/aromatic N) is 2. The van der Waals surface area contributed by atoms with Gasteiger partial charge in [-0.3, -0.25) is 0 Å². The normalized spacial score (nSPS) is 11.6. The number of aliphatic hydroxyl groups excluding tert-OH is 1. The average Bonchev–Trinajstić information content (AvgIpc) is 3.02. The lowest BCUT2D eigenvalue weighted by molar-refractivity contribution is -0.611. The van der Waals surface area contributed by atoms with Crippen molar-refractivity contribution in [1.29, 1.82) is 0 Å². The maximum atomic E-state index is 13.0. The van der Waals surface area contributed by atoms with E-state index < -0.39 is 11.7 Å². The van der Waals surface area contributed by atoms with Crippen LogP contribution in [0.5, 0.6) is 0 Å². The zero-order valence-electron chi connectivity index (χ0n) is 15.2. The minimum Gasteiger partial charge on any atom is -1.00 e. The molecule has 0 unspecified atom stereocenters. The third-order valence-electron chi connectivity index (χ3n) is 4.00. The SMILES string of the molecule is Cc1cc(C)c(CSSCCO)[n+](-c2nc3cc(C(F)(F)F)ccc3[nH]2)c1.[Cl-]. The topological polar surface area (TPSA) is 52.8 Å². The van der Waals surface area contributed by atoms with E-state index >= 15 is 0 Å². The standard InChI is InChI=1S/C18H19F3N3OS2.ClH/c1-11-7-12(2)16(10-27-26-6-5-25)24(9-11)17-22-14-4-3-13(18(19,20)21)8-15(14)23-17;/h3-4,7-9,25H,5-6,10H2,1-2H3,(H,22,23);1H/q+1;/p-1. The number of hydrogen-bond donors (Lipinski definition) is 2. The molecule has 4 nitrogen and oxygen atoms in total. The van der Waals surface area contributed by atoms with Gasteiger partial charge in [0.1, 0.15) is 5.52 Å². The van der Waals surface area contributed by atoms with Crippen LogP contribution in [0.2, 0.25) is 0 Å². The van der Waals surface area contributed by atoms with E-state index in [9.17, 15) is 13.2 Å². The zero-order valence-corrected chi connectivity index (χ0v) is 17.6. The number of rotatable bonds is 6. The number of fused-ring (bicyclic) bond motifs is 1. The van der Waals surface area contributed by atoms with Crippen LogP contribution in [-0.4, -0.2) is 27.4 Å². The van der Waals surface area contributed by atoms with E-state index in [1.165, 1.54) is 6.07 Å². The molecule has 10 heteroatoms. The Labute approximate surface area is 174 Å². The summed E-state index contributed by atoms with van der Waals surface area (Å²) in [5.74, 6) is 1.81. The zero-order chi connectivity index (χ0) is 19.6. The molecule has 0 spiro atoms. The predicted molar refractivity (Wildman–Crippen MR) is 103 cm³/mol. The Hall–Kier alpha value is -1.42. The van der Waals surface area contributed by atoms with E-state index in [4.69, 9.17) is 5.11 Å². The quantitative estimate of drug-likeness (QED) is 0.339. The predicted octanol–water partition coefficient (Wildman–Crippen LogP) is 1.35. The number of pyridine rings is 1. The van der Waals surface area contributed by atoms with Gasteiger partial charge in [0.2, 0.25) is 0 Å². The van der Waals surface area contributed by atoms with Crippen molar-refractivity contribution < 1.29 is 35.3 Å². The van der Waals surface area contributed by atoms with Gasteiger partial charge in [-0.05, 0) is 43.2 Å². The van der Waals surface area contributed by atoms with Gasteiger partial charge in [-0.1, -0.05) is 32.6 Å². The maximum Gasteiger partial charge on any atom is 0.416 e. The van der Waals surface area contributed by atoms with Crippen LogP contribution in [0.4, 0.5) is 13.2 Å². The maximum absolute atomic E-state index is 13.0. The van der Waals surface area contributed by atoms with E-state index in [-0.39, 0.29) is 24.5 Å². The van der Waals surface area contributed by atoms with Crippen molar-refractivity contribution >= 4 is 32.6 Å². The number of benzene rings is 1. The van der Waals surface area contributed by atoms with E-state index in [1.54, 1.807) is 21.6 Å². The fourth-order valence-corrected chi connectivity index (χ4v) is 4.70. The molecule has 0 atom stereocenters. The van der Waals surface area contributed by atoms with Crippen LogP contribution in [0.1, 0.15) is 22.4 Å². The molecule has 1 aromatic carbocycles. The third-order valence-corrected chi connectivity index (χ3v) is 6.26. The average molecular weight is 450 g/mol. The Morgan fingerprint density at radius 2 is 1.93 bits per heavy atom. The molecule has 28 heavy (non-hydrogen) atoms. The number of hydrogen-bond acceptors (Lipinski definition) is 4. The molecule has 0 bridgehead atoms. The van der Waals surface area contributed by atoms with Crippen molar-refractivity contribution in [2.45, 2.75) is 25.8 Å². The highest BCUT2D eigenvalue weighted by Crippen LogP contribution is 2.31. The highest BCUT2D eigenvalue weighted by molar-refractivity contribution is 8.76. The molecular formula is C18H19ClF3N3OS2. The lowest BCUT2D eigenvalue weighted by Gasteiger charge is -2.10. The Morgan fingerprint density at radius 3 is 2.61 bits per heavy atom. The highest BCUT2D eigenvalue weighted by Gasteiger charge is 2.31. The van der Waals surface area contributed by atoms with Gasteiger partial charge in [-0.25, -0.2) is 9.55 Å². The molecule has 0 radical (unpaired) electrons. The second-order valence-corrected chi connectivity index (χ2v) is 8.70. The first kappa shape index (κ1) is 22.9. The summed E-state index contributed by atoms with van der Waals surface area (Å²) in [7, 11) is 3.19. The molecule has 0 saturated carbocycles. The molecule has 2 aromatic heterocycles. The van der Waals surface area contributed by atoms with Crippen molar-refractivity contribution in [1.82, 2.24) is 9.97 Å². The summed E-state index contributed by atoms with van der Waals surface area (Å²) < 4.78 is 40.7. The van der Waals surface area contributed by atoms with Crippen LogP contribution < -0.4 is 17.0 Å². The summed E-state index contributed by atoms with van der Waals surface area (Å²) in [6.07, 6.45) is -2.48. The summed E-state index contributed by atoms with van der Waals surface area (Å²) >= 11 is 0. The highest BCUT2D eigenvalue weighted by atomic mass is 35.5. The molecule has 0 aliphatic carbocycles. The first-order valence-electron chi connectivity index (χ1n) is 8.24. The lowest BCUT2D eigenvalue weighted by Crippen LogP contribution is -3.00. The van der Waals surface area contributed by atoms with Gasteiger partial charge in [0.25, 0.3) is 0 Å². The Bertz CT molecular complexity index is 963. The second kappa shape index (κ2) is 9.39. The van der Waals surface area contributed by atoms with E-state index in [2.05, 4.69) is 16.0 Å². The van der Waals surface area contributed by atoms with E-state index in [0.717, 1.165) is 29.0 Å². The first-order chi connectivity index (χ1) is 12.8. The summed E-state index contributed by atoms with van der Waals surface area (Å²) in [5.41, 5.74) is 3.22. The Kier molecular flexibility index (Phi) is 7.66. The van der Waals surface area contributed by atoms with Crippen LogP contribution in [0.3, 0.4) is 0 Å². The van der Waals surface area contributed by atoms with Gasteiger partial charge in [-0.15, -0.1) is 0 Å². The number of alkyl halides is 3. The van der Waals surface area contributed by atoms with Crippen LogP contribution in [0.15, 0.2) is 30.5 Å². The van der Waals surface area contributed by atoms with Gasteiger partial charge < -0.3 is 17.5 Å². The van der Waals surface area contributed by atoms with Gasteiger partial charge in [0.05, 0.1) is 29.8 Å². The number of imidazole rings is 1. The van der Waals surface area contributed by atoms with Crippen molar-refractivity contribution in [2.75, 3.05) is 12.4 Å². The number of aromatic amines is 1. The number of halogens is 4. The minimum atomic E-state index is -4.40. The molecule has 0 aliphatic rings. The van der Waals surface area contributed by atoms with Crippen LogP contribution in [-0.2, 0) is 11.9 Å². The summed E-state index contributed by atoms with van der Waals surface area (Å²) in [5, 5.41) is 8.91. The number of aliphatic hydroxyl groups is 1. The molecule has 0 amide bonds. The molecule has 0 saturated heterocycles. The Balaban J connectivity index is 0.00000280. The third kappa shape index (κ3) is 5.14. The fraction of sp³-hybridized carbons (Fsp3) is 0.333. The van der Waals surface area contributed by atoms with Crippen LogP contribution in [0.25, 0.3) is 17.0 Å². The minimum absolute atomic E-state index is 0. The molecule has 0 fully saturated rings. The smallest absolute Gasteiger partial charge is 0.416 e. The van der Waals surface area contributed by atoms with Crippen molar-refractivity contribution in [3.63, 3.8) is 0 Å². The molecule has 0 aliphatic heterocycles. The summed E-state index contributed by atoms with van der Waals surface area (Å²) in [6, 6.07) is 5.58. The van der Waals surface area contributed by atoms with E-state index in [1.807, 2.05) is 24.6 Å². The van der Waals surface area contributed by atoms with Gasteiger partial charge in [0, 0.05) is 5.75 Å². The van der Waals surface area contributed by atoms with Crippen LogP contribution >= 0.6 is 21.6 Å². The van der Waals surface area contributed by atoms with E-state index in [0.29, 0.717) is 23.0 Å². The molecular weight excluding hydrogens is 431 g/mol. The molecule has 2 heterocycles. The number of aryl methyl sites for hydroxylation is 2. The van der Waals surface area contributed by atoms with Crippen molar-refractivity contribution in [3.05, 3.63) is 52.8 Å². The monoisotopic (exact) mass is 449 g/mol. The van der Waals surface area contributed by atoms with Gasteiger partial charge in [0.15, 0.2) is 5.52 Å². The second-order valence-electron chi connectivity index (χ2n) is 6.12. The van der Waals surface area contributed by atoms with Gasteiger partial charge >= 0.3 is 12.1 Å². The number of aromatic nitrogens is 3.